The lowest BCUT2D eigenvalue weighted by atomic mass is 9.79. The lowest BCUT2D eigenvalue weighted by Crippen LogP contribution is -2.21. The van der Waals surface area contributed by atoms with Gasteiger partial charge in [0.15, 0.2) is 0 Å². The second-order valence-corrected chi connectivity index (χ2v) is 5.23. The van der Waals surface area contributed by atoms with Crippen LogP contribution in [-0.2, 0) is 0 Å². The zero-order chi connectivity index (χ0) is 12.0. The Balaban J connectivity index is 2.72. The number of aliphatic imine (C=N–C) groups is 1. The van der Waals surface area contributed by atoms with Gasteiger partial charge in [-0.3, -0.25) is 4.99 Å². The first kappa shape index (κ1) is 13.0. The van der Waals surface area contributed by atoms with E-state index >= 15 is 0 Å². The molecule has 87 valence electrons. The van der Waals surface area contributed by atoms with Gasteiger partial charge in [0, 0.05) is 6.21 Å². The number of nitrogens with zero attached hydrogens (tertiary/aromatic N) is 1. The fourth-order valence-electron chi connectivity index (χ4n) is 1.58. The number of hydrogen-bond donors (Lipinski definition) is 0. The van der Waals surface area contributed by atoms with E-state index in [4.69, 9.17) is 0 Å². The Hall–Kier alpha value is -1.11. The van der Waals surface area contributed by atoms with E-state index in [0.29, 0.717) is 5.92 Å². The maximum absolute atomic E-state index is 4.55. The normalized spacial score (nSPS) is 14.2. The highest BCUT2D eigenvalue weighted by molar-refractivity contribution is 5.66. The average Bonchev–Trinajstić information content (AvgIpc) is 2.24. The Morgan fingerprint density at radius 1 is 1.19 bits per heavy atom. The molecule has 0 amide bonds. The van der Waals surface area contributed by atoms with Gasteiger partial charge in [0.05, 0.1) is 5.69 Å². The predicted octanol–water partition coefficient (Wildman–Crippen LogP) is 4.67. The van der Waals surface area contributed by atoms with E-state index in [1.54, 1.807) is 0 Å². The number of benzene rings is 1. The van der Waals surface area contributed by atoms with Crippen molar-refractivity contribution < 1.29 is 0 Å². The van der Waals surface area contributed by atoms with Crippen molar-refractivity contribution in [3.8, 4) is 0 Å². The molecule has 0 saturated carbocycles. The van der Waals surface area contributed by atoms with Crippen LogP contribution in [0.4, 0.5) is 5.69 Å². The third-order valence-corrected chi connectivity index (χ3v) is 2.76. The summed E-state index contributed by atoms with van der Waals surface area (Å²) in [4.78, 5) is 4.55. The van der Waals surface area contributed by atoms with Crippen molar-refractivity contribution in [2.45, 2.75) is 34.1 Å². The Bertz CT molecular complexity index is 319. The molecule has 1 radical (unpaired) electrons. The Morgan fingerprint density at radius 2 is 1.81 bits per heavy atom. The van der Waals surface area contributed by atoms with Gasteiger partial charge < -0.3 is 0 Å². The molecule has 1 heteroatoms. The van der Waals surface area contributed by atoms with E-state index in [-0.39, 0.29) is 5.41 Å². The predicted molar refractivity (Wildman–Crippen MR) is 72.1 cm³/mol. The van der Waals surface area contributed by atoms with Gasteiger partial charge in [0.25, 0.3) is 0 Å². The maximum Gasteiger partial charge on any atom is 0.0625 e. The molecule has 0 N–H and O–H groups in total. The molecule has 0 fully saturated rings. The summed E-state index contributed by atoms with van der Waals surface area (Å²) in [5, 5.41) is 0. The van der Waals surface area contributed by atoms with Crippen molar-refractivity contribution in [2.75, 3.05) is 0 Å². The summed E-state index contributed by atoms with van der Waals surface area (Å²) in [6.45, 7) is 8.89. The van der Waals surface area contributed by atoms with Crippen LogP contribution in [0.3, 0.4) is 0 Å². The van der Waals surface area contributed by atoms with Crippen LogP contribution < -0.4 is 0 Å². The summed E-state index contributed by atoms with van der Waals surface area (Å²) in [7, 11) is 0. The first-order valence-electron chi connectivity index (χ1n) is 5.91. The molecule has 0 aliphatic heterocycles. The maximum atomic E-state index is 4.55. The molecule has 0 spiro atoms. The molecule has 0 aliphatic rings. The van der Waals surface area contributed by atoms with Gasteiger partial charge in [-0.1, -0.05) is 45.9 Å². The van der Waals surface area contributed by atoms with Gasteiger partial charge in [0.2, 0.25) is 0 Å². The summed E-state index contributed by atoms with van der Waals surface area (Å²) in [5.41, 5.74) is 1.30. The first-order chi connectivity index (χ1) is 7.54. The molecule has 1 nitrogen and oxygen atoms in total. The summed E-state index contributed by atoms with van der Waals surface area (Å²) in [6.07, 6.45) is 5.39. The largest absolute Gasteiger partial charge is 0.261 e. The fraction of sp³-hybridized carbons (Fsp3) is 0.467. The van der Waals surface area contributed by atoms with Crippen molar-refractivity contribution in [3.05, 3.63) is 36.8 Å². The van der Waals surface area contributed by atoms with E-state index in [2.05, 4.69) is 45.3 Å². The van der Waals surface area contributed by atoms with Crippen LogP contribution in [-0.4, -0.2) is 6.21 Å². The van der Waals surface area contributed by atoms with Crippen molar-refractivity contribution in [1.29, 1.82) is 0 Å². The van der Waals surface area contributed by atoms with E-state index in [1.807, 2.05) is 30.3 Å². The van der Waals surface area contributed by atoms with Crippen LogP contribution in [0, 0.1) is 17.8 Å². The van der Waals surface area contributed by atoms with Crippen LogP contribution in [0.5, 0.6) is 0 Å². The standard InChI is InChI=1S/C15H22N/c1-5-9-13(15(2,3)4)12-16-14-10-7-6-8-11-14/h5-8,10-13H,9H2,1-4H3. The van der Waals surface area contributed by atoms with Gasteiger partial charge in [0.1, 0.15) is 0 Å². The highest BCUT2D eigenvalue weighted by Gasteiger charge is 2.21. The molecule has 1 aromatic carbocycles. The van der Waals surface area contributed by atoms with Crippen LogP contribution >= 0.6 is 0 Å². The van der Waals surface area contributed by atoms with E-state index in [1.165, 1.54) is 0 Å². The quantitative estimate of drug-likeness (QED) is 0.649. The molecular formula is C15H22N. The van der Waals surface area contributed by atoms with Crippen molar-refractivity contribution >= 4 is 11.9 Å². The summed E-state index contributed by atoms with van der Waals surface area (Å²) < 4.78 is 0. The van der Waals surface area contributed by atoms with Crippen LogP contribution in [0.25, 0.3) is 0 Å². The van der Waals surface area contributed by atoms with Crippen molar-refractivity contribution in [1.82, 2.24) is 0 Å². The molecular weight excluding hydrogens is 194 g/mol. The molecule has 0 saturated heterocycles. The van der Waals surface area contributed by atoms with Gasteiger partial charge in [-0.2, -0.15) is 0 Å². The molecule has 1 aromatic rings. The average molecular weight is 216 g/mol. The Morgan fingerprint density at radius 3 is 2.31 bits per heavy atom. The van der Waals surface area contributed by atoms with Gasteiger partial charge in [-0.05, 0) is 36.3 Å². The zero-order valence-electron chi connectivity index (χ0n) is 10.8. The minimum atomic E-state index is 0.269. The van der Waals surface area contributed by atoms with E-state index in [9.17, 15) is 0 Å². The molecule has 1 rings (SSSR count). The lowest BCUT2D eigenvalue weighted by Gasteiger charge is -2.27. The fourth-order valence-corrected chi connectivity index (χ4v) is 1.58. The second-order valence-electron chi connectivity index (χ2n) is 5.23. The minimum Gasteiger partial charge on any atom is -0.261 e. The summed E-state index contributed by atoms with van der Waals surface area (Å²) in [6, 6.07) is 10.1. The highest BCUT2D eigenvalue weighted by atomic mass is 14.7. The monoisotopic (exact) mass is 216 g/mol. The smallest absolute Gasteiger partial charge is 0.0625 e. The summed E-state index contributed by atoms with van der Waals surface area (Å²) in [5.74, 6) is 0.498. The molecule has 0 bridgehead atoms. The Kier molecular flexibility index (Phi) is 4.72. The van der Waals surface area contributed by atoms with E-state index < -0.39 is 0 Å². The summed E-state index contributed by atoms with van der Waals surface area (Å²) >= 11 is 0. The molecule has 0 aromatic heterocycles. The van der Waals surface area contributed by atoms with Gasteiger partial charge >= 0.3 is 0 Å². The third-order valence-electron chi connectivity index (χ3n) is 2.76. The lowest BCUT2D eigenvalue weighted by molar-refractivity contribution is 0.314. The number of para-hydroxylation sites is 1. The molecule has 0 aliphatic carbocycles. The van der Waals surface area contributed by atoms with Gasteiger partial charge in [-0.15, -0.1) is 0 Å². The third kappa shape index (κ3) is 4.18. The zero-order valence-corrected chi connectivity index (χ0v) is 10.8. The number of rotatable bonds is 4. The van der Waals surface area contributed by atoms with Crippen molar-refractivity contribution in [2.24, 2.45) is 16.3 Å². The highest BCUT2D eigenvalue weighted by Crippen LogP contribution is 2.28. The van der Waals surface area contributed by atoms with Crippen molar-refractivity contribution in [3.63, 3.8) is 0 Å². The van der Waals surface area contributed by atoms with Crippen LogP contribution in [0.1, 0.15) is 34.1 Å². The Labute approximate surface area is 99.6 Å². The first-order valence-corrected chi connectivity index (χ1v) is 5.91. The molecule has 16 heavy (non-hydrogen) atoms. The SMILES string of the molecule is C[CH]CC(C=Nc1ccccc1)C(C)(C)C. The molecule has 1 atom stereocenters. The number of hydrogen-bond acceptors (Lipinski definition) is 1. The molecule has 0 heterocycles. The van der Waals surface area contributed by atoms with Crippen LogP contribution in [0.2, 0.25) is 0 Å². The topological polar surface area (TPSA) is 12.4 Å². The second kappa shape index (κ2) is 5.83. The van der Waals surface area contributed by atoms with E-state index in [0.717, 1.165) is 12.1 Å². The molecule has 1 unspecified atom stereocenters. The van der Waals surface area contributed by atoms with Gasteiger partial charge in [-0.25, -0.2) is 0 Å². The minimum absolute atomic E-state index is 0.269. The van der Waals surface area contributed by atoms with Crippen LogP contribution in [0.15, 0.2) is 35.3 Å².